The Kier molecular flexibility index (Phi) is 5.97. The van der Waals surface area contributed by atoms with Crippen LogP contribution in [0.5, 0.6) is 0 Å². The van der Waals surface area contributed by atoms with Gasteiger partial charge in [0.25, 0.3) is 5.91 Å². The minimum absolute atomic E-state index is 0.0356. The van der Waals surface area contributed by atoms with Gasteiger partial charge in [-0.25, -0.2) is 13.1 Å². The molecule has 0 saturated heterocycles. The molecule has 0 unspecified atom stereocenters. The molecule has 0 aromatic heterocycles. The van der Waals surface area contributed by atoms with E-state index in [1.54, 1.807) is 17.0 Å². The predicted octanol–water partition coefficient (Wildman–Crippen LogP) is 3.14. The molecule has 2 aromatic carbocycles. The van der Waals surface area contributed by atoms with Gasteiger partial charge in [0.1, 0.15) is 0 Å². The van der Waals surface area contributed by atoms with Crippen molar-refractivity contribution < 1.29 is 13.2 Å². The van der Waals surface area contributed by atoms with E-state index in [9.17, 15) is 13.2 Å². The van der Waals surface area contributed by atoms with E-state index in [1.807, 2.05) is 44.2 Å². The molecule has 0 aliphatic heterocycles. The maximum absolute atomic E-state index is 13.0. The molecular formula is C21H26N2O3S. The Morgan fingerprint density at radius 1 is 1.15 bits per heavy atom. The molecule has 1 amide bonds. The summed E-state index contributed by atoms with van der Waals surface area (Å²) in [5, 5.41) is 0. The highest BCUT2D eigenvalue weighted by Crippen LogP contribution is 2.23. The Bertz CT molecular complexity index is 906. The van der Waals surface area contributed by atoms with Gasteiger partial charge in [0.15, 0.2) is 0 Å². The number of hydrogen-bond acceptors (Lipinski definition) is 3. The molecule has 0 bridgehead atoms. The van der Waals surface area contributed by atoms with Gasteiger partial charge < -0.3 is 4.90 Å². The van der Waals surface area contributed by atoms with Crippen molar-refractivity contribution in [3.05, 3.63) is 65.2 Å². The highest BCUT2D eigenvalue weighted by Gasteiger charge is 2.29. The number of likely N-dealkylation sites (N-methyl/N-ethyl adjacent to an activating group) is 1. The largest absolute Gasteiger partial charge is 0.339 e. The summed E-state index contributed by atoms with van der Waals surface area (Å²) < 4.78 is 27.6. The Balaban J connectivity index is 1.78. The van der Waals surface area contributed by atoms with Crippen LogP contribution in [0, 0.1) is 6.92 Å². The van der Waals surface area contributed by atoms with Crippen LogP contribution in [0.1, 0.15) is 41.3 Å². The number of hydrogen-bond donors (Lipinski definition) is 1. The molecule has 1 aliphatic rings. The van der Waals surface area contributed by atoms with Gasteiger partial charge in [0, 0.05) is 24.7 Å². The number of nitrogens with one attached hydrogen (secondary N) is 1. The number of sulfonamides is 1. The lowest BCUT2D eigenvalue weighted by Crippen LogP contribution is -2.33. The molecule has 1 fully saturated rings. The van der Waals surface area contributed by atoms with E-state index in [2.05, 4.69) is 4.72 Å². The first-order valence-corrected chi connectivity index (χ1v) is 10.8. The summed E-state index contributed by atoms with van der Waals surface area (Å²) in [6, 6.07) is 14.8. The van der Waals surface area contributed by atoms with E-state index in [4.69, 9.17) is 0 Å². The zero-order chi connectivity index (χ0) is 19.4. The second-order valence-corrected chi connectivity index (χ2v) is 8.71. The monoisotopic (exact) mass is 386 g/mol. The zero-order valence-corrected chi connectivity index (χ0v) is 16.6. The molecule has 27 heavy (non-hydrogen) atoms. The van der Waals surface area contributed by atoms with Gasteiger partial charge in [-0.3, -0.25) is 4.79 Å². The quantitative estimate of drug-likeness (QED) is 0.758. The lowest BCUT2D eigenvalue weighted by molar-refractivity contribution is 0.0765. The third-order valence-corrected chi connectivity index (χ3v) is 6.35. The van der Waals surface area contributed by atoms with Crippen LogP contribution in [0.2, 0.25) is 0 Å². The minimum atomic E-state index is -3.58. The third kappa shape index (κ3) is 4.96. The number of rotatable bonds is 8. The number of carbonyl (C=O) groups excluding carboxylic acids is 1. The summed E-state index contributed by atoms with van der Waals surface area (Å²) in [5.41, 5.74) is 2.40. The average molecular weight is 387 g/mol. The SMILES string of the molecule is CCN(CCc1ccccc1)C(=O)c1cc(S(=O)(=O)NC2CC2)ccc1C. The normalized spacial score (nSPS) is 14.1. The molecule has 3 rings (SSSR count). The molecular weight excluding hydrogens is 360 g/mol. The molecule has 0 radical (unpaired) electrons. The van der Waals surface area contributed by atoms with E-state index in [0.717, 1.165) is 24.8 Å². The molecule has 5 nitrogen and oxygen atoms in total. The van der Waals surface area contributed by atoms with Crippen LogP contribution in [0.15, 0.2) is 53.4 Å². The van der Waals surface area contributed by atoms with Gasteiger partial charge in [0.05, 0.1) is 4.90 Å². The molecule has 1 N–H and O–H groups in total. The third-order valence-electron chi connectivity index (χ3n) is 4.83. The van der Waals surface area contributed by atoms with Gasteiger partial charge in [-0.2, -0.15) is 0 Å². The Labute approximate surface area is 161 Å². The van der Waals surface area contributed by atoms with Crippen LogP contribution < -0.4 is 4.72 Å². The van der Waals surface area contributed by atoms with Crippen molar-refractivity contribution in [2.75, 3.05) is 13.1 Å². The van der Waals surface area contributed by atoms with Gasteiger partial charge in [0.2, 0.25) is 10.0 Å². The smallest absolute Gasteiger partial charge is 0.254 e. The summed E-state index contributed by atoms with van der Waals surface area (Å²) in [6.45, 7) is 4.94. The highest BCUT2D eigenvalue weighted by atomic mass is 32.2. The summed E-state index contributed by atoms with van der Waals surface area (Å²) in [5.74, 6) is -0.130. The highest BCUT2D eigenvalue weighted by molar-refractivity contribution is 7.89. The summed E-state index contributed by atoms with van der Waals surface area (Å²) in [6.07, 6.45) is 2.51. The van der Waals surface area contributed by atoms with Crippen molar-refractivity contribution in [1.29, 1.82) is 0 Å². The lowest BCUT2D eigenvalue weighted by Gasteiger charge is -2.22. The molecule has 0 heterocycles. The molecule has 6 heteroatoms. The fraction of sp³-hybridized carbons (Fsp3) is 0.381. The van der Waals surface area contributed by atoms with Gasteiger partial charge >= 0.3 is 0 Å². The molecule has 1 saturated carbocycles. The van der Waals surface area contributed by atoms with E-state index in [0.29, 0.717) is 18.7 Å². The number of benzene rings is 2. The Hall–Kier alpha value is -2.18. The summed E-state index contributed by atoms with van der Waals surface area (Å²) in [7, 11) is -3.58. The molecule has 0 atom stereocenters. The van der Waals surface area contributed by atoms with Crippen molar-refractivity contribution in [3.63, 3.8) is 0 Å². The second kappa shape index (κ2) is 8.23. The van der Waals surface area contributed by atoms with E-state index < -0.39 is 10.0 Å². The van der Waals surface area contributed by atoms with Crippen molar-refractivity contribution in [2.45, 2.75) is 44.0 Å². The maximum atomic E-state index is 13.0. The van der Waals surface area contributed by atoms with Gasteiger partial charge in [-0.15, -0.1) is 0 Å². The fourth-order valence-corrected chi connectivity index (χ4v) is 4.30. The first-order valence-electron chi connectivity index (χ1n) is 9.37. The number of amides is 1. The van der Waals surface area contributed by atoms with Crippen molar-refractivity contribution >= 4 is 15.9 Å². The Morgan fingerprint density at radius 2 is 1.85 bits per heavy atom. The first kappa shape index (κ1) is 19.6. The standard InChI is InChI=1S/C21H26N2O3S/c1-3-23(14-13-17-7-5-4-6-8-17)21(24)20-15-19(12-9-16(20)2)27(25,26)22-18-10-11-18/h4-9,12,15,18,22H,3,10-11,13-14H2,1-2H3. The van der Waals surface area contributed by atoms with E-state index in [1.165, 1.54) is 11.6 Å². The van der Waals surface area contributed by atoms with Crippen LogP contribution in [0.3, 0.4) is 0 Å². The van der Waals surface area contributed by atoms with Crippen LogP contribution >= 0.6 is 0 Å². The van der Waals surface area contributed by atoms with Crippen molar-refractivity contribution in [3.8, 4) is 0 Å². The van der Waals surface area contributed by atoms with E-state index in [-0.39, 0.29) is 16.8 Å². The fourth-order valence-electron chi connectivity index (χ4n) is 2.97. The number of nitrogens with zero attached hydrogens (tertiary/aromatic N) is 1. The van der Waals surface area contributed by atoms with Crippen LogP contribution in [-0.4, -0.2) is 38.4 Å². The van der Waals surface area contributed by atoms with Crippen molar-refractivity contribution in [2.24, 2.45) is 0 Å². The second-order valence-electron chi connectivity index (χ2n) is 6.99. The van der Waals surface area contributed by atoms with E-state index >= 15 is 0 Å². The van der Waals surface area contributed by atoms with Gasteiger partial charge in [-0.1, -0.05) is 36.4 Å². The maximum Gasteiger partial charge on any atom is 0.254 e. The minimum Gasteiger partial charge on any atom is -0.339 e. The topological polar surface area (TPSA) is 66.5 Å². The average Bonchev–Trinajstić information content (AvgIpc) is 3.46. The summed E-state index contributed by atoms with van der Waals surface area (Å²) in [4.78, 5) is 15.0. The predicted molar refractivity (Wildman–Crippen MR) is 106 cm³/mol. The number of aryl methyl sites for hydroxylation is 1. The van der Waals surface area contributed by atoms with Crippen LogP contribution in [0.25, 0.3) is 0 Å². The zero-order valence-electron chi connectivity index (χ0n) is 15.8. The lowest BCUT2D eigenvalue weighted by atomic mass is 10.1. The van der Waals surface area contributed by atoms with Crippen LogP contribution in [-0.2, 0) is 16.4 Å². The van der Waals surface area contributed by atoms with Gasteiger partial charge in [-0.05, 0) is 56.4 Å². The molecule has 2 aromatic rings. The Morgan fingerprint density at radius 3 is 2.48 bits per heavy atom. The summed E-state index contributed by atoms with van der Waals surface area (Å²) >= 11 is 0. The molecule has 1 aliphatic carbocycles. The van der Waals surface area contributed by atoms with Crippen molar-refractivity contribution in [1.82, 2.24) is 9.62 Å². The first-order chi connectivity index (χ1) is 12.9. The number of carbonyl (C=O) groups is 1. The molecule has 0 spiro atoms. The molecule has 144 valence electrons. The van der Waals surface area contributed by atoms with Crippen LogP contribution in [0.4, 0.5) is 0 Å².